The molecule has 0 saturated heterocycles. The summed E-state index contributed by atoms with van der Waals surface area (Å²) in [4.78, 5) is 0. The van der Waals surface area contributed by atoms with Gasteiger partial charge in [0.1, 0.15) is 0 Å². The van der Waals surface area contributed by atoms with E-state index in [4.69, 9.17) is 11.6 Å². The van der Waals surface area contributed by atoms with Gasteiger partial charge in [-0.05, 0) is 36.0 Å². The van der Waals surface area contributed by atoms with Crippen LogP contribution in [0.2, 0.25) is 5.02 Å². The largest absolute Gasteiger partial charge is 0.385 e. The lowest BCUT2D eigenvalue weighted by atomic mass is 9.78. The molecule has 0 spiro atoms. The maximum Gasteiger partial charge on any atom is 0.0455 e. The van der Waals surface area contributed by atoms with E-state index in [2.05, 4.69) is 32.2 Å². The fraction of sp³-hybridized carbons (Fsp3) is 0.500. The van der Waals surface area contributed by atoms with E-state index in [0.717, 1.165) is 11.6 Å². The molecule has 0 atom stereocenters. The quantitative estimate of drug-likeness (QED) is 0.687. The van der Waals surface area contributed by atoms with Crippen LogP contribution in [0.25, 0.3) is 0 Å². The molecule has 0 amide bonds. The van der Waals surface area contributed by atoms with Gasteiger partial charge in [-0.3, -0.25) is 0 Å². The number of rotatable bonds is 0. The predicted molar refractivity (Wildman–Crippen MR) is 62.3 cm³/mol. The Bertz CT molecular complexity index is 369. The summed E-state index contributed by atoms with van der Waals surface area (Å²) in [6, 6.07) is 4.26. The summed E-state index contributed by atoms with van der Waals surface area (Å²) in [5, 5.41) is 4.26. The minimum atomic E-state index is 0.274. The third-order valence-electron chi connectivity index (χ3n) is 3.09. The number of nitrogens with one attached hydrogen (secondary N) is 1. The van der Waals surface area contributed by atoms with E-state index >= 15 is 0 Å². The molecule has 1 aromatic carbocycles. The molecule has 0 saturated carbocycles. The van der Waals surface area contributed by atoms with Gasteiger partial charge in [0.05, 0.1) is 0 Å². The molecule has 0 fully saturated rings. The van der Waals surface area contributed by atoms with Crippen molar-refractivity contribution in [3.8, 4) is 0 Å². The first-order valence-electron chi connectivity index (χ1n) is 5.05. The van der Waals surface area contributed by atoms with Crippen molar-refractivity contribution in [2.24, 2.45) is 0 Å². The lowest BCUT2D eigenvalue weighted by Crippen LogP contribution is -2.28. The van der Waals surface area contributed by atoms with Gasteiger partial charge in [-0.25, -0.2) is 0 Å². The van der Waals surface area contributed by atoms with E-state index in [9.17, 15) is 0 Å². The van der Waals surface area contributed by atoms with Crippen LogP contribution in [0.5, 0.6) is 0 Å². The first-order chi connectivity index (χ1) is 6.50. The van der Waals surface area contributed by atoms with Gasteiger partial charge in [0.25, 0.3) is 0 Å². The molecule has 0 bridgehead atoms. The minimum absolute atomic E-state index is 0.274. The van der Waals surface area contributed by atoms with Crippen LogP contribution in [0, 0.1) is 6.92 Å². The molecule has 14 heavy (non-hydrogen) atoms. The topological polar surface area (TPSA) is 12.0 Å². The number of hydrogen-bond acceptors (Lipinski definition) is 1. The minimum Gasteiger partial charge on any atom is -0.385 e. The van der Waals surface area contributed by atoms with E-state index < -0.39 is 0 Å². The molecule has 0 aromatic heterocycles. The van der Waals surface area contributed by atoms with E-state index in [1.807, 2.05) is 6.07 Å². The average Bonchev–Trinajstić information content (AvgIpc) is 2.08. The van der Waals surface area contributed by atoms with Crippen LogP contribution >= 0.6 is 11.6 Å². The van der Waals surface area contributed by atoms with Gasteiger partial charge in [-0.1, -0.05) is 31.5 Å². The molecule has 2 rings (SSSR count). The first kappa shape index (κ1) is 9.85. The number of hydrogen-bond donors (Lipinski definition) is 1. The van der Waals surface area contributed by atoms with Gasteiger partial charge >= 0.3 is 0 Å². The van der Waals surface area contributed by atoms with Crippen molar-refractivity contribution in [3.63, 3.8) is 0 Å². The smallest absolute Gasteiger partial charge is 0.0455 e. The van der Waals surface area contributed by atoms with Crippen molar-refractivity contribution in [2.75, 3.05) is 11.9 Å². The van der Waals surface area contributed by atoms with Crippen LogP contribution in [0.15, 0.2) is 12.1 Å². The monoisotopic (exact) mass is 209 g/mol. The Kier molecular flexibility index (Phi) is 2.23. The fourth-order valence-electron chi connectivity index (χ4n) is 2.03. The molecule has 0 aliphatic carbocycles. The number of anilines is 1. The van der Waals surface area contributed by atoms with Crippen molar-refractivity contribution in [1.29, 1.82) is 0 Å². The maximum atomic E-state index is 6.10. The van der Waals surface area contributed by atoms with E-state index in [0.29, 0.717) is 0 Å². The number of benzene rings is 1. The summed E-state index contributed by atoms with van der Waals surface area (Å²) in [7, 11) is 0. The molecular formula is C12H16ClN. The molecule has 76 valence electrons. The Labute approximate surface area is 90.5 Å². The first-order valence-corrected chi connectivity index (χ1v) is 5.43. The highest BCUT2D eigenvalue weighted by molar-refractivity contribution is 6.31. The van der Waals surface area contributed by atoms with Crippen molar-refractivity contribution < 1.29 is 0 Å². The lowest BCUT2D eigenvalue weighted by Gasteiger charge is -2.33. The third kappa shape index (κ3) is 1.50. The second-order valence-corrected chi connectivity index (χ2v) is 5.11. The molecule has 1 aliphatic heterocycles. The van der Waals surface area contributed by atoms with Crippen molar-refractivity contribution >= 4 is 17.3 Å². The van der Waals surface area contributed by atoms with Crippen molar-refractivity contribution in [2.45, 2.75) is 32.6 Å². The molecule has 1 N–H and O–H groups in total. The number of fused-ring (bicyclic) bond motifs is 1. The van der Waals surface area contributed by atoms with Gasteiger partial charge in [-0.15, -0.1) is 0 Å². The van der Waals surface area contributed by atoms with Crippen LogP contribution in [0.4, 0.5) is 5.69 Å². The Balaban J connectivity index is 2.59. The molecule has 1 heterocycles. The maximum absolute atomic E-state index is 6.10. The third-order valence-corrected chi connectivity index (χ3v) is 3.50. The fourth-order valence-corrected chi connectivity index (χ4v) is 2.20. The summed E-state index contributed by atoms with van der Waals surface area (Å²) < 4.78 is 0. The van der Waals surface area contributed by atoms with Gasteiger partial charge in [0.2, 0.25) is 0 Å². The molecule has 1 aromatic rings. The summed E-state index contributed by atoms with van der Waals surface area (Å²) in [5.74, 6) is 0. The Morgan fingerprint density at radius 1 is 1.36 bits per heavy atom. The van der Waals surface area contributed by atoms with Crippen molar-refractivity contribution in [1.82, 2.24) is 0 Å². The van der Waals surface area contributed by atoms with Gasteiger partial charge in [0, 0.05) is 17.3 Å². The highest BCUT2D eigenvalue weighted by Crippen LogP contribution is 2.38. The average molecular weight is 210 g/mol. The molecule has 0 radical (unpaired) electrons. The number of aryl methyl sites for hydroxylation is 1. The Hall–Kier alpha value is -0.690. The van der Waals surface area contributed by atoms with Crippen LogP contribution < -0.4 is 5.32 Å². The highest BCUT2D eigenvalue weighted by atomic mass is 35.5. The zero-order chi connectivity index (χ0) is 10.3. The number of halogens is 1. The van der Waals surface area contributed by atoms with Gasteiger partial charge in [-0.2, -0.15) is 0 Å². The summed E-state index contributed by atoms with van der Waals surface area (Å²) in [5.41, 5.74) is 4.04. The molecule has 1 aliphatic rings. The van der Waals surface area contributed by atoms with Crippen LogP contribution in [0.3, 0.4) is 0 Å². The Morgan fingerprint density at radius 2 is 2.07 bits per heavy atom. The standard InChI is InChI=1S/C12H16ClN/c1-8-6-9-11(7-10(8)13)14-5-4-12(9,2)3/h6-7,14H,4-5H2,1-3H3. The molecular weight excluding hydrogens is 194 g/mol. The SMILES string of the molecule is Cc1cc2c(cc1Cl)NCCC2(C)C. The van der Waals surface area contributed by atoms with E-state index in [-0.39, 0.29) is 5.41 Å². The second-order valence-electron chi connectivity index (χ2n) is 4.71. The van der Waals surface area contributed by atoms with Crippen LogP contribution in [0.1, 0.15) is 31.4 Å². The van der Waals surface area contributed by atoms with Crippen LogP contribution in [-0.2, 0) is 5.41 Å². The molecule has 2 heteroatoms. The molecule has 0 unspecified atom stereocenters. The molecule has 1 nitrogen and oxygen atoms in total. The van der Waals surface area contributed by atoms with Gasteiger partial charge < -0.3 is 5.32 Å². The van der Waals surface area contributed by atoms with E-state index in [1.54, 1.807) is 0 Å². The van der Waals surface area contributed by atoms with Crippen molar-refractivity contribution in [3.05, 3.63) is 28.3 Å². The van der Waals surface area contributed by atoms with Gasteiger partial charge in [0.15, 0.2) is 0 Å². The van der Waals surface area contributed by atoms with Crippen LogP contribution in [-0.4, -0.2) is 6.54 Å². The summed E-state index contributed by atoms with van der Waals surface area (Å²) >= 11 is 6.10. The predicted octanol–water partition coefficient (Wildman–Crippen LogP) is 3.74. The summed E-state index contributed by atoms with van der Waals surface area (Å²) in [6.45, 7) is 7.69. The highest BCUT2D eigenvalue weighted by Gasteiger charge is 2.27. The zero-order valence-electron chi connectivity index (χ0n) is 8.95. The zero-order valence-corrected chi connectivity index (χ0v) is 9.70. The lowest BCUT2D eigenvalue weighted by molar-refractivity contribution is 0.481. The summed E-state index contributed by atoms with van der Waals surface area (Å²) in [6.07, 6.45) is 1.18. The normalized spacial score (nSPS) is 18.6. The Morgan fingerprint density at radius 3 is 2.79 bits per heavy atom. The second kappa shape index (κ2) is 3.16. The van der Waals surface area contributed by atoms with E-state index in [1.165, 1.54) is 23.2 Å².